The molecule has 2 aliphatic rings. The molecular formula is C20H20FN3O2. The van der Waals surface area contributed by atoms with Crippen molar-refractivity contribution in [3.63, 3.8) is 0 Å². The van der Waals surface area contributed by atoms with Gasteiger partial charge in [0.2, 0.25) is 5.91 Å². The van der Waals surface area contributed by atoms with Crippen molar-refractivity contribution in [2.45, 2.75) is 19.4 Å². The van der Waals surface area contributed by atoms with Crippen LogP contribution in [-0.2, 0) is 11.3 Å². The Kier molecular flexibility index (Phi) is 4.41. The molecule has 1 amide bonds. The minimum Gasteiger partial charge on any atom is -0.354 e. The van der Waals surface area contributed by atoms with E-state index in [1.54, 1.807) is 18.2 Å². The lowest BCUT2D eigenvalue weighted by atomic mass is 9.94. The summed E-state index contributed by atoms with van der Waals surface area (Å²) >= 11 is 0. The van der Waals surface area contributed by atoms with Crippen molar-refractivity contribution in [2.24, 2.45) is 17.8 Å². The highest BCUT2D eigenvalue weighted by Crippen LogP contribution is 2.42. The Balaban J connectivity index is 1.41. The maximum Gasteiger partial charge on any atom is 0.267 e. The predicted octanol–water partition coefficient (Wildman–Crippen LogP) is 2.38. The van der Waals surface area contributed by atoms with Gasteiger partial charge in [0, 0.05) is 18.2 Å². The van der Waals surface area contributed by atoms with Gasteiger partial charge in [-0.2, -0.15) is 5.10 Å². The van der Waals surface area contributed by atoms with Gasteiger partial charge in [0.05, 0.1) is 5.69 Å². The minimum atomic E-state index is -0.339. The van der Waals surface area contributed by atoms with E-state index < -0.39 is 0 Å². The van der Waals surface area contributed by atoms with Gasteiger partial charge in [0.15, 0.2) is 0 Å². The van der Waals surface area contributed by atoms with Crippen LogP contribution in [0.1, 0.15) is 12.8 Å². The van der Waals surface area contributed by atoms with Gasteiger partial charge in [-0.25, -0.2) is 9.07 Å². The van der Waals surface area contributed by atoms with Crippen LogP contribution in [0.25, 0.3) is 11.3 Å². The van der Waals surface area contributed by atoms with Gasteiger partial charge >= 0.3 is 0 Å². The average molecular weight is 353 g/mol. The number of hydrogen-bond donors (Lipinski definition) is 1. The number of carbonyl (C=O) groups excluding carboxylic acids is 1. The van der Waals surface area contributed by atoms with Gasteiger partial charge in [0.1, 0.15) is 12.4 Å². The number of fused-ring (bicyclic) bond motifs is 2. The molecule has 0 spiro atoms. The third-order valence-corrected chi connectivity index (χ3v) is 5.28. The molecule has 6 heteroatoms. The van der Waals surface area contributed by atoms with E-state index in [2.05, 4.69) is 22.6 Å². The van der Waals surface area contributed by atoms with E-state index in [9.17, 15) is 14.0 Å². The first-order valence-corrected chi connectivity index (χ1v) is 8.87. The number of benzene rings is 1. The largest absolute Gasteiger partial charge is 0.354 e. The fraction of sp³-hybridized carbons (Fsp3) is 0.350. The molecule has 5 nitrogen and oxygen atoms in total. The summed E-state index contributed by atoms with van der Waals surface area (Å²) < 4.78 is 14.2. The lowest BCUT2D eigenvalue weighted by molar-refractivity contribution is -0.122. The first kappa shape index (κ1) is 16.7. The molecule has 1 aromatic carbocycles. The lowest BCUT2D eigenvalue weighted by Gasteiger charge is -2.18. The van der Waals surface area contributed by atoms with Crippen LogP contribution >= 0.6 is 0 Å². The summed E-state index contributed by atoms with van der Waals surface area (Å²) in [7, 11) is 0. The van der Waals surface area contributed by atoms with Gasteiger partial charge < -0.3 is 5.32 Å². The SMILES string of the molecule is O=C(Cn1nc(-c2ccc(F)cc2)ccc1=O)NC[C@H]1C[C@H]2C=C[C@@H]1C2. The Hall–Kier alpha value is -2.76. The van der Waals surface area contributed by atoms with Crippen molar-refractivity contribution in [1.29, 1.82) is 0 Å². The molecule has 2 aliphatic carbocycles. The molecule has 1 saturated carbocycles. The second-order valence-corrected chi connectivity index (χ2v) is 7.07. The molecule has 0 radical (unpaired) electrons. The van der Waals surface area contributed by atoms with Gasteiger partial charge in [-0.3, -0.25) is 9.59 Å². The molecule has 0 unspecified atom stereocenters. The summed E-state index contributed by atoms with van der Waals surface area (Å²) in [5.41, 5.74) is 0.874. The van der Waals surface area contributed by atoms with Gasteiger partial charge in [0.25, 0.3) is 5.56 Å². The summed E-state index contributed by atoms with van der Waals surface area (Å²) in [4.78, 5) is 24.2. The second kappa shape index (κ2) is 6.86. The number of allylic oxidation sites excluding steroid dienone is 2. The molecule has 2 aromatic rings. The lowest BCUT2D eigenvalue weighted by Crippen LogP contribution is -2.36. The zero-order valence-corrected chi connectivity index (χ0v) is 14.3. The molecule has 3 atom stereocenters. The number of aromatic nitrogens is 2. The molecule has 26 heavy (non-hydrogen) atoms. The van der Waals surface area contributed by atoms with Crippen molar-refractivity contribution in [2.75, 3.05) is 6.54 Å². The Bertz CT molecular complexity index is 904. The zero-order valence-electron chi connectivity index (χ0n) is 14.3. The number of halogens is 1. The minimum absolute atomic E-state index is 0.121. The quantitative estimate of drug-likeness (QED) is 0.840. The monoisotopic (exact) mass is 353 g/mol. The number of nitrogens with zero attached hydrogens (tertiary/aromatic N) is 2. The third kappa shape index (κ3) is 3.45. The molecule has 134 valence electrons. The summed E-state index contributed by atoms with van der Waals surface area (Å²) in [6, 6.07) is 8.81. The van der Waals surface area contributed by atoms with Crippen LogP contribution in [0.4, 0.5) is 4.39 Å². The molecule has 1 aromatic heterocycles. The number of amides is 1. The highest BCUT2D eigenvalue weighted by Gasteiger charge is 2.35. The highest BCUT2D eigenvalue weighted by atomic mass is 19.1. The van der Waals surface area contributed by atoms with Crippen molar-refractivity contribution in [3.8, 4) is 11.3 Å². The van der Waals surface area contributed by atoms with Gasteiger partial charge in [-0.1, -0.05) is 12.2 Å². The van der Waals surface area contributed by atoms with Crippen molar-refractivity contribution in [3.05, 3.63) is 64.7 Å². The summed E-state index contributed by atoms with van der Waals surface area (Å²) in [6.45, 7) is 0.515. The van der Waals surface area contributed by atoms with Crippen molar-refractivity contribution < 1.29 is 9.18 Å². The Morgan fingerprint density at radius 1 is 1.15 bits per heavy atom. The second-order valence-electron chi connectivity index (χ2n) is 7.07. The van der Waals surface area contributed by atoms with Crippen molar-refractivity contribution >= 4 is 5.91 Å². The standard InChI is InChI=1S/C20H20FN3O2/c21-17-5-3-14(4-6-17)18-7-8-20(26)24(23-18)12-19(25)22-11-16-10-13-1-2-15(16)9-13/h1-8,13,15-16H,9-12H2,(H,22,25)/t13-,15+,16+/m0/s1. The van der Waals surface area contributed by atoms with Crippen LogP contribution in [0.15, 0.2) is 53.3 Å². The van der Waals surface area contributed by atoms with E-state index in [1.165, 1.54) is 24.6 Å². The average Bonchev–Trinajstić information content (AvgIpc) is 3.26. The Morgan fingerprint density at radius 3 is 2.65 bits per heavy atom. The number of rotatable bonds is 5. The Labute approximate surface area is 150 Å². The first-order valence-electron chi connectivity index (χ1n) is 8.87. The fourth-order valence-corrected chi connectivity index (χ4v) is 3.90. The molecule has 4 rings (SSSR count). The van der Waals surface area contributed by atoms with Crippen LogP contribution in [0.3, 0.4) is 0 Å². The predicted molar refractivity (Wildman–Crippen MR) is 95.7 cm³/mol. The number of hydrogen-bond acceptors (Lipinski definition) is 3. The molecule has 1 heterocycles. The van der Waals surface area contributed by atoms with Crippen LogP contribution in [-0.4, -0.2) is 22.2 Å². The normalized spacial score (nSPS) is 23.3. The highest BCUT2D eigenvalue weighted by molar-refractivity contribution is 5.75. The van der Waals surface area contributed by atoms with E-state index in [1.807, 2.05) is 0 Å². The van der Waals surface area contributed by atoms with Crippen molar-refractivity contribution in [1.82, 2.24) is 15.1 Å². The fourth-order valence-electron chi connectivity index (χ4n) is 3.90. The van der Waals surface area contributed by atoms with Crippen LogP contribution in [0.2, 0.25) is 0 Å². The molecule has 1 N–H and O–H groups in total. The van der Waals surface area contributed by atoms with E-state index in [0.717, 1.165) is 11.1 Å². The molecule has 0 saturated heterocycles. The summed E-state index contributed by atoms with van der Waals surface area (Å²) in [6.07, 6.45) is 6.84. The van der Waals surface area contributed by atoms with E-state index in [-0.39, 0.29) is 23.8 Å². The first-order chi connectivity index (χ1) is 12.6. The summed E-state index contributed by atoms with van der Waals surface area (Å²) in [5.74, 6) is 1.17. The van der Waals surface area contributed by atoms with Gasteiger partial charge in [-0.15, -0.1) is 0 Å². The number of carbonyl (C=O) groups is 1. The molecule has 0 aliphatic heterocycles. The molecule has 2 bridgehead atoms. The number of nitrogens with one attached hydrogen (secondary N) is 1. The third-order valence-electron chi connectivity index (χ3n) is 5.28. The van der Waals surface area contributed by atoms with E-state index >= 15 is 0 Å². The maximum absolute atomic E-state index is 13.1. The van der Waals surface area contributed by atoms with Crippen LogP contribution < -0.4 is 10.9 Å². The topological polar surface area (TPSA) is 64.0 Å². The zero-order chi connectivity index (χ0) is 18.1. The van der Waals surface area contributed by atoms with Crippen LogP contribution in [0, 0.1) is 23.6 Å². The smallest absolute Gasteiger partial charge is 0.267 e. The van der Waals surface area contributed by atoms with Crippen LogP contribution in [0.5, 0.6) is 0 Å². The molecule has 1 fully saturated rings. The molecular weight excluding hydrogens is 333 g/mol. The Morgan fingerprint density at radius 2 is 1.96 bits per heavy atom. The summed E-state index contributed by atoms with van der Waals surface area (Å²) in [5, 5.41) is 7.17. The van der Waals surface area contributed by atoms with Gasteiger partial charge in [-0.05, 0) is 60.9 Å². The van der Waals surface area contributed by atoms with E-state index in [0.29, 0.717) is 35.6 Å². The van der Waals surface area contributed by atoms with E-state index in [4.69, 9.17) is 0 Å². The maximum atomic E-state index is 13.1.